The first-order chi connectivity index (χ1) is 14.2. The molecule has 1 aliphatic rings. The van der Waals surface area contributed by atoms with E-state index in [2.05, 4.69) is 32.8 Å². The van der Waals surface area contributed by atoms with E-state index in [-0.39, 0.29) is 6.03 Å². The Morgan fingerprint density at radius 2 is 1.90 bits per heavy atom. The molecule has 3 heterocycles. The number of rotatable bonds is 5. The Labute approximate surface area is 171 Å². The average molecular weight is 390 g/mol. The number of pyridine rings is 1. The van der Waals surface area contributed by atoms with E-state index in [0.717, 1.165) is 56.0 Å². The first kappa shape index (κ1) is 19.2. The molecule has 1 aromatic carbocycles. The maximum absolute atomic E-state index is 12.5. The fourth-order valence-corrected chi connectivity index (χ4v) is 3.93. The fraction of sp³-hybridized carbons (Fsp3) is 0.348. The molecule has 2 aromatic heterocycles. The van der Waals surface area contributed by atoms with Gasteiger partial charge in [0.05, 0.1) is 0 Å². The SMILES string of the molecule is Cc1cnc(-c2cccnc2)n1CCC1CCN(C(=O)Nc2ccccc2)CC1. The van der Waals surface area contributed by atoms with Gasteiger partial charge >= 0.3 is 6.03 Å². The standard InChI is InChI=1S/C23H27N5O/c1-18-16-25-22(20-6-5-12-24-17-20)28(18)15-11-19-9-13-27(14-10-19)23(29)26-21-7-3-2-4-8-21/h2-8,12,16-17,19H,9-11,13-15H2,1H3,(H,26,29). The highest BCUT2D eigenvalue weighted by molar-refractivity contribution is 5.89. The Balaban J connectivity index is 1.30. The number of imidazole rings is 1. The number of carbonyl (C=O) groups is 1. The summed E-state index contributed by atoms with van der Waals surface area (Å²) in [6, 6.07) is 13.6. The van der Waals surface area contributed by atoms with Crippen molar-refractivity contribution in [3.8, 4) is 11.4 Å². The number of nitrogens with one attached hydrogen (secondary N) is 1. The zero-order chi connectivity index (χ0) is 20.1. The zero-order valence-electron chi connectivity index (χ0n) is 16.8. The lowest BCUT2D eigenvalue weighted by molar-refractivity contribution is 0.178. The van der Waals surface area contributed by atoms with E-state index >= 15 is 0 Å². The lowest BCUT2D eigenvalue weighted by Gasteiger charge is -2.32. The quantitative estimate of drug-likeness (QED) is 0.694. The third-order valence-electron chi connectivity index (χ3n) is 5.66. The van der Waals surface area contributed by atoms with E-state index in [1.54, 1.807) is 6.20 Å². The number of amides is 2. The van der Waals surface area contributed by atoms with Crippen LogP contribution in [0.2, 0.25) is 0 Å². The summed E-state index contributed by atoms with van der Waals surface area (Å²) in [6.45, 7) is 4.66. The summed E-state index contributed by atoms with van der Waals surface area (Å²) in [5, 5.41) is 2.98. The van der Waals surface area contributed by atoms with E-state index in [0.29, 0.717) is 5.92 Å². The van der Waals surface area contributed by atoms with Crippen LogP contribution in [0.25, 0.3) is 11.4 Å². The fourth-order valence-electron chi connectivity index (χ4n) is 3.93. The molecule has 1 N–H and O–H groups in total. The normalized spacial score (nSPS) is 14.7. The molecule has 0 bridgehead atoms. The number of likely N-dealkylation sites (tertiary alicyclic amines) is 1. The summed E-state index contributed by atoms with van der Waals surface area (Å²) in [7, 11) is 0. The van der Waals surface area contributed by atoms with Crippen LogP contribution in [0.15, 0.2) is 61.1 Å². The molecule has 2 amide bonds. The molecular formula is C23H27N5O. The van der Waals surface area contributed by atoms with Crippen molar-refractivity contribution in [2.24, 2.45) is 5.92 Å². The summed E-state index contributed by atoms with van der Waals surface area (Å²) in [4.78, 5) is 23.2. The van der Waals surface area contributed by atoms with Crippen LogP contribution in [0.1, 0.15) is 25.0 Å². The van der Waals surface area contributed by atoms with Crippen molar-refractivity contribution in [2.75, 3.05) is 18.4 Å². The van der Waals surface area contributed by atoms with Crippen LogP contribution in [0.3, 0.4) is 0 Å². The summed E-state index contributed by atoms with van der Waals surface area (Å²) < 4.78 is 2.28. The number of benzene rings is 1. The monoisotopic (exact) mass is 389 g/mol. The van der Waals surface area contributed by atoms with Gasteiger partial charge in [0, 0.05) is 55.2 Å². The minimum Gasteiger partial charge on any atom is -0.328 e. The number of anilines is 1. The molecule has 0 saturated carbocycles. The van der Waals surface area contributed by atoms with Gasteiger partial charge < -0.3 is 14.8 Å². The van der Waals surface area contributed by atoms with E-state index in [1.165, 1.54) is 5.69 Å². The third-order valence-corrected chi connectivity index (χ3v) is 5.66. The molecule has 6 nitrogen and oxygen atoms in total. The predicted octanol–water partition coefficient (Wildman–Crippen LogP) is 4.59. The van der Waals surface area contributed by atoms with E-state index in [4.69, 9.17) is 0 Å². The van der Waals surface area contributed by atoms with Gasteiger partial charge in [-0.2, -0.15) is 0 Å². The smallest absolute Gasteiger partial charge is 0.321 e. The maximum atomic E-state index is 12.5. The van der Waals surface area contributed by atoms with Crippen LogP contribution < -0.4 is 5.32 Å². The van der Waals surface area contributed by atoms with Gasteiger partial charge in [0.15, 0.2) is 0 Å². The lowest BCUT2D eigenvalue weighted by Crippen LogP contribution is -2.41. The Kier molecular flexibility index (Phi) is 5.89. The first-order valence-corrected chi connectivity index (χ1v) is 10.2. The van der Waals surface area contributed by atoms with Crippen molar-refractivity contribution in [1.82, 2.24) is 19.4 Å². The largest absolute Gasteiger partial charge is 0.328 e. The summed E-state index contributed by atoms with van der Waals surface area (Å²) >= 11 is 0. The number of urea groups is 1. The van der Waals surface area contributed by atoms with Crippen molar-refractivity contribution in [2.45, 2.75) is 32.7 Å². The molecule has 4 rings (SSSR count). The molecule has 150 valence electrons. The molecule has 0 unspecified atom stereocenters. The number of aryl methyl sites for hydroxylation is 1. The number of hydrogen-bond acceptors (Lipinski definition) is 3. The van der Waals surface area contributed by atoms with Gasteiger partial charge in [-0.3, -0.25) is 4.98 Å². The van der Waals surface area contributed by atoms with Gasteiger partial charge in [-0.05, 0) is 56.4 Å². The number of aromatic nitrogens is 3. The van der Waals surface area contributed by atoms with Crippen LogP contribution >= 0.6 is 0 Å². The summed E-state index contributed by atoms with van der Waals surface area (Å²) in [5.41, 5.74) is 3.06. The Morgan fingerprint density at radius 1 is 1.10 bits per heavy atom. The second-order valence-electron chi connectivity index (χ2n) is 7.63. The van der Waals surface area contributed by atoms with Crippen molar-refractivity contribution in [1.29, 1.82) is 0 Å². The van der Waals surface area contributed by atoms with Gasteiger partial charge in [-0.1, -0.05) is 18.2 Å². The Morgan fingerprint density at radius 3 is 2.62 bits per heavy atom. The maximum Gasteiger partial charge on any atom is 0.321 e. The summed E-state index contributed by atoms with van der Waals surface area (Å²) in [5.74, 6) is 1.61. The molecule has 3 aromatic rings. The van der Waals surface area contributed by atoms with Gasteiger partial charge in [-0.15, -0.1) is 0 Å². The topological polar surface area (TPSA) is 63.1 Å². The van der Waals surface area contributed by atoms with Gasteiger partial charge in [0.2, 0.25) is 0 Å². The minimum absolute atomic E-state index is 0.000956. The number of para-hydroxylation sites is 1. The molecule has 0 atom stereocenters. The molecule has 1 fully saturated rings. The molecule has 1 aliphatic heterocycles. The van der Waals surface area contributed by atoms with Crippen molar-refractivity contribution in [3.63, 3.8) is 0 Å². The highest BCUT2D eigenvalue weighted by atomic mass is 16.2. The molecular weight excluding hydrogens is 362 g/mol. The van der Waals surface area contributed by atoms with Gasteiger partial charge in [-0.25, -0.2) is 9.78 Å². The van der Waals surface area contributed by atoms with Gasteiger partial charge in [0.1, 0.15) is 5.82 Å². The Bertz CT molecular complexity index is 930. The van der Waals surface area contributed by atoms with Crippen LogP contribution in [-0.2, 0) is 6.54 Å². The molecule has 0 radical (unpaired) electrons. The van der Waals surface area contributed by atoms with Crippen LogP contribution in [0.5, 0.6) is 0 Å². The molecule has 0 spiro atoms. The third kappa shape index (κ3) is 4.65. The molecule has 6 heteroatoms. The first-order valence-electron chi connectivity index (χ1n) is 10.2. The highest BCUT2D eigenvalue weighted by Gasteiger charge is 2.23. The van der Waals surface area contributed by atoms with Crippen LogP contribution in [0.4, 0.5) is 10.5 Å². The highest BCUT2D eigenvalue weighted by Crippen LogP contribution is 2.25. The number of carbonyl (C=O) groups excluding carboxylic acids is 1. The van der Waals surface area contributed by atoms with Crippen molar-refractivity contribution < 1.29 is 4.79 Å². The zero-order valence-corrected chi connectivity index (χ0v) is 16.8. The number of nitrogens with zero attached hydrogens (tertiary/aromatic N) is 4. The lowest BCUT2D eigenvalue weighted by atomic mass is 9.93. The minimum atomic E-state index is -0.000956. The number of piperidine rings is 1. The average Bonchev–Trinajstić information content (AvgIpc) is 3.14. The molecule has 0 aliphatic carbocycles. The summed E-state index contributed by atoms with van der Waals surface area (Å²) in [6.07, 6.45) is 8.75. The van der Waals surface area contributed by atoms with Gasteiger partial charge in [0.25, 0.3) is 0 Å². The predicted molar refractivity (Wildman–Crippen MR) is 115 cm³/mol. The van der Waals surface area contributed by atoms with E-state index in [9.17, 15) is 4.79 Å². The number of hydrogen-bond donors (Lipinski definition) is 1. The van der Waals surface area contributed by atoms with E-state index < -0.39 is 0 Å². The van der Waals surface area contributed by atoms with Crippen molar-refractivity contribution >= 4 is 11.7 Å². The Hall–Kier alpha value is -3.15. The van der Waals surface area contributed by atoms with Crippen LogP contribution in [0, 0.1) is 12.8 Å². The second-order valence-corrected chi connectivity index (χ2v) is 7.63. The van der Waals surface area contributed by atoms with E-state index in [1.807, 2.05) is 53.7 Å². The molecule has 29 heavy (non-hydrogen) atoms. The second kappa shape index (κ2) is 8.90. The molecule has 1 saturated heterocycles. The van der Waals surface area contributed by atoms with Crippen LogP contribution in [-0.4, -0.2) is 38.6 Å². The van der Waals surface area contributed by atoms with Crippen molar-refractivity contribution in [3.05, 3.63) is 66.7 Å².